The molecule has 3 N–H and O–H groups in total. The molecule has 40 heavy (non-hydrogen) atoms. The van der Waals surface area contributed by atoms with Crippen molar-refractivity contribution in [2.45, 2.75) is 70.6 Å². The van der Waals surface area contributed by atoms with Crippen LogP contribution in [0.15, 0.2) is 12.1 Å². The van der Waals surface area contributed by atoms with Gasteiger partial charge in [-0.05, 0) is 89.2 Å². The first-order chi connectivity index (χ1) is 18.9. The highest BCUT2D eigenvalue weighted by Gasteiger charge is 2.29. The fourth-order valence-corrected chi connectivity index (χ4v) is 5.35. The van der Waals surface area contributed by atoms with E-state index in [1.165, 1.54) is 7.11 Å². The van der Waals surface area contributed by atoms with Gasteiger partial charge in [-0.1, -0.05) is 18.5 Å². The van der Waals surface area contributed by atoms with E-state index >= 15 is 0 Å². The summed E-state index contributed by atoms with van der Waals surface area (Å²) in [5.41, 5.74) is 3.00. The van der Waals surface area contributed by atoms with Crippen LogP contribution in [0.2, 0.25) is 5.15 Å². The van der Waals surface area contributed by atoms with Crippen LogP contribution in [0.25, 0.3) is 11.8 Å². The van der Waals surface area contributed by atoms with Gasteiger partial charge in [-0.3, -0.25) is 4.98 Å². The van der Waals surface area contributed by atoms with Crippen molar-refractivity contribution in [3.63, 3.8) is 0 Å². The van der Waals surface area contributed by atoms with Gasteiger partial charge in [0.25, 0.3) is 0 Å². The van der Waals surface area contributed by atoms with Crippen molar-refractivity contribution in [2.75, 3.05) is 45.0 Å². The van der Waals surface area contributed by atoms with E-state index in [1.807, 2.05) is 25.1 Å². The van der Waals surface area contributed by atoms with E-state index in [1.54, 1.807) is 0 Å². The maximum atomic E-state index is 12.9. The Morgan fingerprint density at radius 3 is 2.60 bits per heavy atom. The third-order valence-corrected chi connectivity index (χ3v) is 7.45. The number of nitrogens with zero attached hydrogens (tertiary/aromatic N) is 4. The second-order valence-electron chi connectivity index (χ2n) is 10.5. The van der Waals surface area contributed by atoms with Gasteiger partial charge in [0.1, 0.15) is 23.3 Å². The Hall–Kier alpha value is -2.63. The van der Waals surface area contributed by atoms with Crippen molar-refractivity contribution < 1.29 is 23.0 Å². The number of alkyl halides is 3. The summed E-state index contributed by atoms with van der Waals surface area (Å²) in [5.74, 6) is 0.540. The number of aliphatic hydroxyl groups excluding tert-OH is 1. The maximum absolute atomic E-state index is 12.9. The number of methoxy groups -OCH3 is 1. The molecular weight excluding hydrogens is 545 g/mol. The van der Waals surface area contributed by atoms with E-state index in [0.717, 1.165) is 49.1 Å². The zero-order valence-electron chi connectivity index (χ0n) is 23.8. The Bertz CT molecular complexity index is 1160. The molecule has 2 aromatic rings. The van der Waals surface area contributed by atoms with Crippen LogP contribution in [0.4, 0.5) is 24.9 Å². The minimum atomic E-state index is -4.44. The molecule has 0 amide bonds. The lowest BCUT2D eigenvalue weighted by Gasteiger charge is -2.22. The normalized spacial score (nSPS) is 18.7. The Morgan fingerprint density at radius 2 is 2.00 bits per heavy atom. The molecule has 0 aliphatic heterocycles. The lowest BCUT2D eigenvalue weighted by molar-refractivity contribution is -0.115. The lowest BCUT2D eigenvalue weighted by Crippen LogP contribution is -2.27. The molecule has 8 nitrogen and oxygen atoms in total. The topological polar surface area (TPSA) is 95.4 Å². The lowest BCUT2D eigenvalue weighted by atomic mass is 10.0. The van der Waals surface area contributed by atoms with Crippen LogP contribution in [0, 0.1) is 12.8 Å². The summed E-state index contributed by atoms with van der Waals surface area (Å²) < 4.78 is 44.3. The van der Waals surface area contributed by atoms with Gasteiger partial charge < -0.3 is 25.4 Å². The number of ether oxygens (including phenoxy) is 1. The average molecular weight is 585 g/mol. The van der Waals surface area contributed by atoms with Crippen LogP contribution in [0.5, 0.6) is 0 Å². The standard InChI is InChI=1S/C28H40ClF3N6O2/c1-6-22(38(3)4)10-9-20-13-19(11-17(2)34-20)14-23(40-5)24-25(29)36-27(33-16-28(30,31)32)37-26(24)35-21-8-7-18(12-21)15-39/h11,13-14,18,21-22,39H,6-10,12,15-16H2,1-5H3,(H2,33,35,36,37)/b23-14-/t18?,21-,22?/m0/s1. The molecule has 1 saturated carbocycles. The molecule has 1 aliphatic rings. The summed E-state index contributed by atoms with van der Waals surface area (Å²) in [5, 5.41) is 15.0. The molecule has 3 rings (SSSR count). The summed E-state index contributed by atoms with van der Waals surface area (Å²) in [6.45, 7) is 2.88. The second kappa shape index (κ2) is 14.3. The number of rotatable bonds is 13. The van der Waals surface area contributed by atoms with Crippen LogP contribution in [0.1, 0.15) is 61.5 Å². The van der Waals surface area contributed by atoms with Gasteiger partial charge in [0.15, 0.2) is 0 Å². The molecule has 0 spiro atoms. The highest BCUT2D eigenvalue weighted by Crippen LogP contribution is 2.35. The largest absolute Gasteiger partial charge is 0.496 e. The number of anilines is 2. The number of aliphatic hydroxyl groups is 1. The number of hydrogen-bond donors (Lipinski definition) is 3. The van der Waals surface area contributed by atoms with Crippen molar-refractivity contribution in [3.8, 4) is 0 Å². The van der Waals surface area contributed by atoms with Gasteiger partial charge in [0.05, 0.1) is 12.7 Å². The fraction of sp³-hybridized carbons (Fsp3) is 0.607. The molecule has 2 heterocycles. The SMILES string of the molecule is CCC(CCc1cc(/C=C(\OC)c2c(Cl)nc(NCC(F)(F)F)nc2N[C@H]2CCC(CO)C2)cc(C)n1)N(C)C. The Balaban J connectivity index is 1.97. The van der Waals surface area contributed by atoms with Crippen molar-refractivity contribution >= 4 is 35.2 Å². The molecule has 0 saturated heterocycles. The predicted molar refractivity (Wildman–Crippen MR) is 153 cm³/mol. The zero-order chi connectivity index (χ0) is 29.4. The molecule has 0 aromatic carbocycles. The summed E-state index contributed by atoms with van der Waals surface area (Å²) in [6.07, 6.45) is 2.50. The van der Waals surface area contributed by atoms with E-state index in [4.69, 9.17) is 21.3 Å². The number of hydrogen-bond acceptors (Lipinski definition) is 8. The summed E-state index contributed by atoms with van der Waals surface area (Å²) in [4.78, 5) is 15.4. The first-order valence-electron chi connectivity index (χ1n) is 13.6. The van der Waals surface area contributed by atoms with Gasteiger partial charge in [-0.25, -0.2) is 4.98 Å². The maximum Gasteiger partial charge on any atom is 0.405 e. The minimum absolute atomic E-state index is 0.0339. The van der Waals surface area contributed by atoms with Gasteiger partial charge in [-0.2, -0.15) is 18.2 Å². The summed E-state index contributed by atoms with van der Waals surface area (Å²) >= 11 is 6.57. The number of aryl methyl sites for hydroxylation is 2. The van der Waals surface area contributed by atoms with Crippen molar-refractivity contribution in [1.29, 1.82) is 0 Å². The summed E-state index contributed by atoms with van der Waals surface area (Å²) in [6, 6.07) is 4.34. The van der Waals surface area contributed by atoms with Crippen molar-refractivity contribution in [2.24, 2.45) is 5.92 Å². The highest BCUT2D eigenvalue weighted by atomic mass is 35.5. The van der Waals surface area contributed by atoms with E-state index in [0.29, 0.717) is 23.8 Å². The van der Waals surface area contributed by atoms with Crippen LogP contribution in [0.3, 0.4) is 0 Å². The fourth-order valence-electron chi connectivity index (χ4n) is 5.08. The Morgan fingerprint density at radius 1 is 1.25 bits per heavy atom. The summed E-state index contributed by atoms with van der Waals surface area (Å²) in [7, 11) is 5.65. The number of pyridine rings is 1. The van der Waals surface area contributed by atoms with Crippen LogP contribution in [-0.4, -0.2) is 77.6 Å². The second-order valence-corrected chi connectivity index (χ2v) is 10.9. The molecule has 3 atom stereocenters. The smallest absolute Gasteiger partial charge is 0.405 e. The van der Waals surface area contributed by atoms with Crippen molar-refractivity contribution in [3.05, 3.63) is 39.8 Å². The Labute approximate surface area is 239 Å². The quantitative estimate of drug-likeness (QED) is 0.201. The first kappa shape index (κ1) is 31.9. The molecule has 12 heteroatoms. The first-order valence-corrected chi connectivity index (χ1v) is 14.0. The van der Waals surface area contributed by atoms with Gasteiger partial charge >= 0.3 is 6.18 Å². The van der Waals surface area contributed by atoms with E-state index in [-0.39, 0.29) is 35.5 Å². The average Bonchev–Trinajstić information content (AvgIpc) is 3.33. The van der Waals surface area contributed by atoms with Gasteiger partial charge in [0.2, 0.25) is 5.95 Å². The van der Waals surface area contributed by atoms with Crippen LogP contribution >= 0.6 is 11.6 Å². The number of aromatic nitrogens is 3. The molecule has 2 aromatic heterocycles. The number of halogens is 4. The third kappa shape index (κ3) is 9.21. The zero-order valence-corrected chi connectivity index (χ0v) is 24.5. The molecule has 1 fully saturated rings. The van der Waals surface area contributed by atoms with E-state index < -0.39 is 12.7 Å². The molecule has 0 radical (unpaired) electrons. The molecule has 1 aliphatic carbocycles. The molecule has 2 unspecified atom stereocenters. The Kier molecular flexibility index (Phi) is 11.4. The molecule has 222 valence electrons. The van der Waals surface area contributed by atoms with Crippen LogP contribution < -0.4 is 10.6 Å². The van der Waals surface area contributed by atoms with Crippen molar-refractivity contribution in [1.82, 2.24) is 19.9 Å². The van der Waals surface area contributed by atoms with Crippen LogP contribution in [-0.2, 0) is 11.2 Å². The third-order valence-electron chi connectivity index (χ3n) is 7.18. The van der Waals surface area contributed by atoms with E-state index in [2.05, 4.69) is 46.5 Å². The van der Waals surface area contributed by atoms with Gasteiger partial charge in [0, 0.05) is 30.1 Å². The molecular formula is C28H40ClF3N6O2. The van der Waals surface area contributed by atoms with E-state index in [9.17, 15) is 18.3 Å². The van der Waals surface area contributed by atoms with Gasteiger partial charge in [-0.15, -0.1) is 0 Å². The molecule has 0 bridgehead atoms. The highest BCUT2D eigenvalue weighted by molar-refractivity contribution is 6.31. The minimum Gasteiger partial charge on any atom is -0.496 e. The predicted octanol–water partition coefficient (Wildman–Crippen LogP) is 5.80. The number of nitrogens with one attached hydrogen (secondary N) is 2. The monoisotopic (exact) mass is 584 g/mol.